The molecule has 1 atom stereocenters. The SMILES string of the molecule is Cc1cccc(C[C@@H](NC(=O)Cc2cccc(F)c2)C(=O)O)c1. The topological polar surface area (TPSA) is 66.4 Å². The van der Waals surface area contributed by atoms with Gasteiger partial charge in [0.2, 0.25) is 5.91 Å². The molecule has 2 rings (SSSR count). The molecule has 0 saturated heterocycles. The molecule has 2 N–H and O–H groups in total. The van der Waals surface area contributed by atoms with Crippen LogP contribution in [0.1, 0.15) is 16.7 Å². The summed E-state index contributed by atoms with van der Waals surface area (Å²) in [7, 11) is 0. The molecule has 0 aliphatic carbocycles. The van der Waals surface area contributed by atoms with Crippen LogP contribution in [0.15, 0.2) is 48.5 Å². The summed E-state index contributed by atoms with van der Waals surface area (Å²) < 4.78 is 13.1. The zero-order valence-electron chi connectivity index (χ0n) is 12.8. The molecule has 0 radical (unpaired) electrons. The summed E-state index contributed by atoms with van der Waals surface area (Å²) in [5.41, 5.74) is 2.36. The lowest BCUT2D eigenvalue weighted by Gasteiger charge is -2.15. The molecule has 5 heteroatoms. The Morgan fingerprint density at radius 2 is 1.83 bits per heavy atom. The first-order chi connectivity index (χ1) is 10.9. The first kappa shape index (κ1) is 16.7. The second-order valence-electron chi connectivity index (χ2n) is 5.46. The van der Waals surface area contributed by atoms with Gasteiger partial charge in [-0.25, -0.2) is 9.18 Å². The van der Waals surface area contributed by atoms with Crippen molar-refractivity contribution < 1.29 is 19.1 Å². The highest BCUT2D eigenvalue weighted by Gasteiger charge is 2.20. The predicted octanol–water partition coefficient (Wildman–Crippen LogP) is 2.49. The van der Waals surface area contributed by atoms with Crippen LogP contribution in [0, 0.1) is 12.7 Å². The van der Waals surface area contributed by atoms with Gasteiger partial charge in [0.15, 0.2) is 0 Å². The number of hydrogen-bond donors (Lipinski definition) is 2. The normalized spacial score (nSPS) is 11.7. The minimum absolute atomic E-state index is 0.0602. The van der Waals surface area contributed by atoms with Gasteiger partial charge in [-0.1, -0.05) is 42.0 Å². The van der Waals surface area contributed by atoms with E-state index >= 15 is 0 Å². The number of halogens is 1. The van der Waals surface area contributed by atoms with Gasteiger partial charge >= 0.3 is 5.97 Å². The third-order valence-corrected chi connectivity index (χ3v) is 3.41. The fourth-order valence-corrected chi connectivity index (χ4v) is 2.35. The number of carbonyl (C=O) groups excluding carboxylic acids is 1. The average molecular weight is 315 g/mol. The number of carboxylic acid groups (broad SMARTS) is 1. The number of aliphatic carboxylic acids is 1. The van der Waals surface area contributed by atoms with Crippen LogP contribution in [-0.4, -0.2) is 23.0 Å². The summed E-state index contributed by atoms with van der Waals surface area (Å²) in [6.07, 6.45) is 0.140. The number of hydrogen-bond acceptors (Lipinski definition) is 2. The van der Waals surface area contributed by atoms with E-state index in [-0.39, 0.29) is 12.8 Å². The third-order valence-electron chi connectivity index (χ3n) is 3.41. The number of rotatable bonds is 6. The number of amides is 1. The Hall–Kier alpha value is -2.69. The molecule has 0 heterocycles. The van der Waals surface area contributed by atoms with Crippen molar-refractivity contribution in [3.8, 4) is 0 Å². The van der Waals surface area contributed by atoms with Crippen LogP contribution in [0.3, 0.4) is 0 Å². The highest BCUT2D eigenvalue weighted by molar-refractivity contribution is 5.85. The van der Waals surface area contributed by atoms with Crippen molar-refractivity contribution in [3.63, 3.8) is 0 Å². The van der Waals surface area contributed by atoms with Gasteiger partial charge in [0.25, 0.3) is 0 Å². The van der Waals surface area contributed by atoms with Crippen molar-refractivity contribution in [1.82, 2.24) is 5.32 Å². The quantitative estimate of drug-likeness (QED) is 0.860. The maximum Gasteiger partial charge on any atom is 0.326 e. The minimum Gasteiger partial charge on any atom is -0.480 e. The maximum absolute atomic E-state index is 13.1. The molecule has 0 unspecified atom stereocenters. The summed E-state index contributed by atoms with van der Waals surface area (Å²) in [6.45, 7) is 1.92. The first-order valence-corrected chi connectivity index (χ1v) is 7.26. The lowest BCUT2D eigenvalue weighted by atomic mass is 10.0. The van der Waals surface area contributed by atoms with Crippen molar-refractivity contribution in [1.29, 1.82) is 0 Å². The van der Waals surface area contributed by atoms with Gasteiger partial charge in [-0.05, 0) is 30.2 Å². The molecule has 1 amide bonds. The van der Waals surface area contributed by atoms with Crippen LogP contribution in [0.5, 0.6) is 0 Å². The molecule has 0 aliphatic rings. The van der Waals surface area contributed by atoms with Gasteiger partial charge < -0.3 is 10.4 Å². The molecule has 2 aromatic carbocycles. The van der Waals surface area contributed by atoms with E-state index in [1.165, 1.54) is 18.2 Å². The summed E-state index contributed by atoms with van der Waals surface area (Å²) in [4.78, 5) is 23.4. The van der Waals surface area contributed by atoms with Crippen LogP contribution in [-0.2, 0) is 22.4 Å². The molecule has 2 aromatic rings. The summed E-state index contributed by atoms with van der Waals surface area (Å²) in [5, 5.41) is 11.8. The fourth-order valence-electron chi connectivity index (χ4n) is 2.35. The molecule has 0 bridgehead atoms. The van der Waals surface area contributed by atoms with Gasteiger partial charge in [-0.3, -0.25) is 4.79 Å². The molecule has 120 valence electrons. The number of benzene rings is 2. The van der Waals surface area contributed by atoms with Crippen LogP contribution in [0.2, 0.25) is 0 Å². The van der Waals surface area contributed by atoms with E-state index in [2.05, 4.69) is 5.32 Å². The molecule has 0 saturated carbocycles. The van der Waals surface area contributed by atoms with Gasteiger partial charge in [0.05, 0.1) is 6.42 Å². The number of nitrogens with one attached hydrogen (secondary N) is 1. The van der Waals surface area contributed by atoms with E-state index in [0.29, 0.717) is 5.56 Å². The molecular formula is C18H18FNO3. The van der Waals surface area contributed by atoms with Crippen molar-refractivity contribution in [2.45, 2.75) is 25.8 Å². The maximum atomic E-state index is 13.1. The van der Waals surface area contributed by atoms with Crippen molar-refractivity contribution in [2.24, 2.45) is 0 Å². The van der Waals surface area contributed by atoms with E-state index < -0.39 is 23.7 Å². The summed E-state index contributed by atoms with van der Waals surface area (Å²) in [6, 6.07) is 12.1. The second kappa shape index (κ2) is 7.54. The summed E-state index contributed by atoms with van der Waals surface area (Å²) >= 11 is 0. The minimum atomic E-state index is -1.10. The number of carbonyl (C=O) groups is 2. The van der Waals surface area contributed by atoms with Gasteiger partial charge in [0, 0.05) is 6.42 Å². The molecule has 4 nitrogen and oxygen atoms in total. The van der Waals surface area contributed by atoms with Gasteiger partial charge in [0.1, 0.15) is 11.9 Å². The van der Waals surface area contributed by atoms with Gasteiger partial charge in [-0.2, -0.15) is 0 Å². The van der Waals surface area contributed by atoms with Crippen molar-refractivity contribution in [2.75, 3.05) is 0 Å². The molecule has 0 aliphatic heterocycles. The lowest BCUT2D eigenvalue weighted by Crippen LogP contribution is -2.43. The largest absolute Gasteiger partial charge is 0.480 e. The number of aryl methyl sites for hydroxylation is 1. The standard InChI is InChI=1S/C18H18FNO3/c1-12-4-2-5-13(8-12)10-16(18(22)23)20-17(21)11-14-6-3-7-15(19)9-14/h2-9,16H,10-11H2,1H3,(H,20,21)(H,22,23)/t16-/m1/s1. The fraction of sp³-hybridized carbons (Fsp3) is 0.222. The smallest absolute Gasteiger partial charge is 0.326 e. The second-order valence-corrected chi connectivity index (χ2v) is 5.46. The Balaban J connectivity index is 2.01. The zero-order valence-corrected chi connectivity index (χ0v) is 12.8. The lowest BCUT2D eigenvalue weighted by molar-refractivity contribution is -0.141. The van der Waals surface area contributed by atoms with Crippen LogP contribution in [0.4, 0.5) is 4.39 Å². The monoisotopic (exact) mass is 315 g/mol. The third kappa shape index (κ3) is 5.21. The average Bonchev–Trinajstić information content (AvgIpc) is 2.46. The molecule has 0 aromatic heterocycles. The Bertz CT molecular complexity index is 715. The predicted molar refractivity (Wildman–Crippen MR) is 84.6 cm³/mol. The molecular weight excluding hydrogens is 297 g/mol. The van der Waals surface area contributed by atoms with E-state index in [1.54, 1.807) is 6.07 Å². The van der Waals surface area contributed by atoms with E-state index in [1.807, 2.05) is 31.2 Å². The van der Waals surface area contributed by atoms with E-state index in [9.17, 15) is 19.1 Å². The Morgan fingerprint density at radius 1 is 1.13 bits per heavy atom. The van der Waals surface area contributed by atoms with Crippen molar-refractivity contribution in [3.05, 3.63) is 71.0 Å². The van der Waals surface area contributed by atoms with E-state index in [4.69, 9.17) is 0 Å². The molecule has 0 fully saturated rings. The highest BCUT2D eigenvalue weighted by atomic mass is 19.1. The Kier molecular flexibility index (Phi) is 5.46. The van der Waals surface area contributed by atoms with Crippen LogP contribution < -0.4 is 5.32 Å². The van der Waals surface area contributed by atoms with Crippen molar-refractivity contribution >= 4 is 11.9 Å². The van der Waals surface area contributed by atoms with Crippen LogP contribution >= 0.6 is 0 Å². The Labute approximate surface area is 134 Å². The molecule has 0 spiro atoms. The Morgan fingerprint density at radius 3 is 2.48 bits per heavy atom. The molecule has 23 heavy (non-hydrogen) atoms. The number of carboxylic acids is 1. The highest BCUT2D eigenvalue weighted by Crippen LogP contribution is 2.08. The van der Waals surface area contributed by atoms with Crippen LogP contribution in [0.25, 0.3) is 0 Å². The first-order valence-electron chi connectivity index (χ1n) is 7.26. The summed E-state index contributed by atoms with van der Waals surface area (Å²) in [5.74, 6) is -1.97. The van der Waals surface area contributed by atoms with Gasteiger partial charge in [-0.15, -0.1) is 0 Å². The van der Waals surface area contributed by atoms with E-state index in [0.717, 1.165) is 11.1 Å². The zero-order chi connectivity index (χ0) is 16.8.